The first-order valence-electron chi connectivity index (χ1n) is 9.25. The largest absolute Gasteiger partial charge is 0.433 e. The van der Waals surface area contributed by atoms with E-state index in [9.17, 15) is 18.7 Å². The fourth-order valence-corrected chi connectivity index (χ4v) is 3.45. The molecule has 1 atom stereocenters. The van der Waals surface area contributed by atoms with Gasteiger partial charge >= 0.3 is 6.61 Å². The minimum Gasteiger partial charge on any atom is -0.433 e. The molecule has 1 amide bonds. The number of hydrogen-bond acceptors (Lipinski definition) is 6. The van der Waals surface area contributed by atoms with E-state index in [0.29, 0.717) is 34.7 Å². The van der Waals surface area contributed by atoms with E-state index in [1.165, 1.54) is 18.5 Å². The summed E-state index contributed by atoms with van der Waals surface area (Å²) >= 11 is 0. The molecule has 0 aromatic carbocycles. The van der Waals surface area contributed by atoms with Crippen molar-refractivity contribution in [3.05, 3.63) is 53.7 Å². The summed E-state index contributed by atoms with van der Waals surface area (Å²) in [6.45, 7) is 1.08. The lowest BCUT2D eigenvalue weighted by molar-refractivity contribution is -0.0500. The minimum atomic E-state index is -2.95. The van der Waals surface area contributed by atoms with Crippen LogP contribution in [0.4, 0.5) is 14.5 Å². The zero-order chi connectivity index (χ0) is 21.4. The van der Waals surface area contributed by atoms with Crippen LogP contribution in [0.1, 0.15) is 28.5 Å². The summed E-state index contributed by atoms with van der Waals surface area (Å²) < 4.78 is 31.0. The third-order valence-corrected chi connectivity index (χ3v) is 4.68. The molecule has 3 aromatic heterocycles. The molecule has 1 unspecified atom stereocenters. The quantitative estimate of drug-likeness (QED) is 0.666. The number of amides is 1. The van der Waals surface area contributed by atoms with Gasteiger partial charge in [0.25, 0.3) is 5.91 Å². The van der Waals surface area contributed by atoms with Crippen LogP contribution in [0.15, 0.2) is 36.9 Å². The highest BCUT2D eigenvalue weighted by Gasteiger charge is 2.32. The molecule has 0 spiro atoms. The second-order valence-electron chi connectivity index (χ2n) is 7.09. The lowest BCUT2D eigenvalue weighted by Gasteiger charge is -2.12. The molecule has 0 aliphatic carbocycles. The molecule has 1 aliphatic rings. The Labute approximate surface area is 170 Å². The summed E-state index contributed by atoms with van der Waals surface area (Å²) in [6, 6.07) is 3.15. The molecule has 8 nitrogen and oxygen atoms in total. The van der Waals surface area contributed by atoms with Gasteiger partial charge in [-0.25, -0.2) is 0 Å². The van der Waals surface area contributed by atoms with E-state index in [1.54, 1.807) is 41.9 Å². The predicted molar refractivity (Wildman–Crippen MR) is 103 cm³/mol. The van der Waals surface area contributed by atoms with Gasteiger partial charge in [-0.05, 0) is 31.5 Å². The molecule has 4 heterocycles. The Morgan fingerprint density at radius 1 is 1.27 bits per heavy atom. The molecule has 10 heteroatoms. The van der Waals surface area contributed by atoms with Gasteiger partial charge in [-0.15, -0.1) is 0 Å². The van der Waals surface area contributed by atoms with Crippen molar-refractivity contribution in [1.82, 2.24) is 19.7 Å². The molecule has 0 saturated heterocycles. The molecule has 0 fully saturated rings. The number of aromatic nitrogens is 4. The topological polar surface area (TPSA) is 93.4 Å². The smallest absolute Gasteiger partial charge is 0.387 e. The number of nitrogens with zero attached hydrogens (tertiary/aromatic N) is 5. The van der Waals surface area contributed by atoms with Gasteiger partial charge in [-0.3, -0.25) is 24.3 Å². The Morgan fingerprint density at radius 2 is 2.07 bits per heavy atom. The highest BCUT2D eigenvalue weighted by Crippen LogP contribution is 2.32. The van der Waals surface area contributed by atoms with Crippen molar-refractivity contribution in [3.63, 3.8) is 0 Å². The van der Waals surface area contributed by atoms with E-state index in [1.807, 2.05) is 0 Å². The van der Waals surface area contributed by atoms with Crippen LogP contribution in [-0.4, -0.2) is 43.5 Å². The third-order valence-electron chi connectivity index (χ3n) is 4.68. The SMILES string of the molecule is Cc1cc(-c2cncc(OC(F)F)c2)nc2c1C(=O)N(c1cnn(CC(C)O)c1)C2. The second-order valence-corrected chi connectivity index (χ2v) is 7.09. The fourth-order valence-electron chi connectivity index (χ4n) is 3.45. The molecular weight excluding hydrogens is 396 g/mol. The molecular formula is C20H19F2N5O3. The van der Waals surface area contributed by atoms with Crippen LogP contribution in [0.3, 0.4) is 0 Å². The van der Waals surface area contributed by atoms with E-state index < -0.39 is 12.7 Å². The number of carbonyl (C=O) groups is 1. The summed E-state index contributed by atoms with van der Waals surface area (Å²) in [5.41, 5.74) is 3.44. The van der Waals surface area contributed by atoms with E-state index in [-0.39, 0.29) is 18.2 Å². The van der Waals surface area contributed by atoms with Crippen molar-refractivity contribution in [2.24, 2.45) is 0 Å². The average molecular weight is 415 g/mol. The van der Waals surface area contributed by atoms with Gasteiger partial charge in [0.2, 0.25) is 0 Å². The number of aryl methyl sites for hydroxylation is 1. The second kappa shape index (κ2) is 7.79. The number of pyridine rings is 2. The highest BCUT2D eigenvalue weighted by atomic mass is 19.3. The van der Waals surface area contributed by atoms with E-state index in [0.717, 1.165) is 5.56 Å². The molecule has 0 saturated carbocycles. The van der Waals surface area contributed by atoms with Crippen LogP contribution < -0.4 is 9.64 Å². The lowest BCUT2D eigenvalue weighted by Crippen LogP contribution is -2.23. The summed E-state index contributed by atoms with van der Waals surface area (Å²) in [6.07, 6.45) is 5.40. The van der Waals surface area contributed by atoms with Crippen LogP contribution in [0, 0.1) is 6.92 Å². The minimum absolute atomic E-state index is 0.0642. The first-order chi connectivity index (χ1) is 14.3. The Bertz CT molecular complexity index is 1100. The number of rotatable bonds is 6. The maximum atomic E-state index is 13.0. The van der Waals surface area contributed by atoms with Crippen molar-refractivity contribution < 1.29 is 23.4 Å². The van der Waals surface area contributed by atoms with Crippen molar-refractivity contribution in [2.45, 2.75) is 39.7 Å². The normalized spacial score (nSPS) is 14.3. The molecule has 0 bridgehead atoms. The third kappa shape index (κ3) is 3.86. The summed E-state index contributed by atoms with van der Waals surface area (Å²) in [7, 11) is 0. The van der Waals surface area contributed by atoms with Crippen LogP contribution in [0.25, 0.3) is 11.3 Å². The van der Waals surface area contributed by atoms with Gasteiger partial charge in [0.1, 0.15) is 5.75 Å². The predicted octanol–water partition coefficient (Wildman–Crippen LogP) is 2.79. The summed E-state index contributed by atoms with van der Waals surface area (Å²) in [5, 5.41) is 13.7. The summed E-state index contributed by atoms with van der Waals surface area (Å²) in [4.78, 5) is 23.0. The molecule has 1 N–H and O–H groups in total. The number of hydrogen-bond donors (Lipinski definition) is 1. The number of carbonyl (C=O) groups excluding carboxylic acids is 1. The number of anilines is 1. The van der Waals surface area contributed by atoms with Crippen LogP contribution in [0.2, 0.25) is 0 Å². The van der Waals surface area contributed by atoms with Crippen LogP contribution in [-0.2, 0) is 13.1 Å². The molecule has 30 heavy (non-hydrogen) atoms. The van der Waals surface area contributed by atoms with Gasteiger partial charge in [-0.2, -0.15) is 13.9 Å². The molecule has 4 rings (SSSR count). The number of aliphatic hydroxyl groups excluding tert-OH is 1. The maximum absolute atomic E-state index is 13.0. The van der Waals surface area contributed by atoms with E-state index in [4.69, 9.17) is 0 Å². The zero-order valence-electron chi connectivity index (χ0n) is 16.3. The van der Waals surface area contributed by atoms with E-state index in [2.05, 4.69) is 19.8 Å². The molecule has 0 radical (unpaired) electrons. The fraction of sp³-hybridized carbons (Fsp3) is 0.300. The Hall–Kier alpha value is -3.40. The molecule has 156 valence electrons. The average Bonchev–Trinajstić information content (AvgIpc) is 3.25. The van der Waals surface area contributed by atoms with Crippen LogP contribution >= 0.6 is 0 Å². The lowest BCUT2D eigenvalue weighted by atomic mass is 10.1. The molecule has 3 aromatic rings. The van der Waals surface area contributed by atoms with Crippen LogP contribution in [0.5, 0.6) is 5.75 Å². The number of halogens is 2. The maximum Gasteiger partial charge on any atom is 0.387 e. The molecule has 1 aliphatic heterocycles. The monoisotopic (exact) mass is 415 g/mol. The van der Waals surface area contributed by atoms with Crippen molar-refractivity contribution in [3.8, 4) is 17.0 Å². The van der Waals surface area contributed by atoms with Gasteiger partial charge in [0.15, 0.2) is 0 Å². The van der Waals surface area contributed by atoms with Gasteiger partial charge in [0, 0.05) is 18.0 Å². The standard InChI is InChI=1S/C20H19F2N5O3/c1-11-3-16(13-4-15(7-23-5-13)30-20(21)22)25-17-10-27(19(29)18(11)17)14-6-24-26(9-14)8-12(2)28/h3-7,9,12,20,28H,8,10H2,1-2H3. The van der Waals surface area contributed by atoms with Gasteiger partial charge < -0.3 is 9.84 Å². The highest BCUT2D eigenvalue weighted by molar-refractivity contribution is 6.10. The Morgan fingerprint density at radius 3 is 2.80 bits per heavy atom. The number of fused-ring (bicyclic) bond motifs is 1. The number of alkyl halides is 2. The zero-order valence-corrected chi connectivity index (χ0v) is 16.3. The van der Waals surface area contributed by atoms with Crippen molar-refractivity contribution in [1.29, 1.82) is 0 Å². The summed E-state index contributed by atoms with van der Waals surface area (Å²) in [5.74, 6) is -0.253. The number of aliphatic hydroxyl groups is 1. The van der Waals surface area contributed by atoms with Gasteiger partial charge in [0.05, 0.1) is 54.2 Å². The van der Waals surface area contributed by atoms with Gasteiger partial charge in [-0.1, -0.05) is 0 Å². The first kappa shape index (κ1) is 19.9. The van der Waals surface area contributed by atoms with Crippen molar-refractivity contribution in [2.75, 3.05) is 4.90 Å². The Balaban J connectivity index is 1.64. The van der Waals surface area contributed by atoms with Crippen molar-refractivity contribution >= 4 is 11.6 Å². The van der Waals surface area contributed by atoms with E-state index >= 15 is 0 Å². The first-order valence-corrected chi connectivity index (χ1v) is 9.25. The Kier molecular flexibility index (Phi) is 5.17. The number of ether oxygens (including phenoxy) is 1.